The van der Waals surface area contributed by atoms with Gasteiger partial charge in [-0.3, -0.25) is 0 Å². The number of aryl methyl sites for hydroxylation is 1. The van der Waals surface area contributed by atoms with Crippen LogP contribution in [0.1, 0.15) is 25.8 Å². The van der Waals surface area contributed by atoms with E-state index in [9.17, 15) is 0 Å². The highest BCUT2D eigenvalue weighted by Crippen LogP contribution is 2.12. The fourth-order valence-electron chi connectivity index (χ4n) is 1.22. The molecule has 84 valence electrons. The van der Waals surface area contributed by atoms with E-state index in [4.69, 9.17) is 0 Å². The molecule has 1 rings (SSSR count). The zero-order chi connectivity index (χ0) is 11.3. The fourth-order valence-corrected chi connectivity index (χ4v) is 1.22. The molecule has 0 unspecified atom stereocenters. The normalized spacial score (nSPS) is 10.5. The Balaban J connectivity index is 2.59. The van der Waals surface area contributed by atoms with Crippen LogP contribution in [0.4, 0.5) is 11.8 Å². The van der Waals surface area contributed by atoms with Crippen LogP contribution < -0.4 is 10.6 Å². The van der Waals surface area contributed by atoms with Crippen LogP contribution in [0.25, 0.3) is 0 Å². The van der Waals surface area contributed by atoms with Crippen molar-refractivity contribution in [2.75, 3.05) is 24.2 Å². The van der Waals surface area contributed by atoms with Crippen LogP contribution >= 0.6 is 0 Å². The Labute approximate surface area is 91.5 Å². The molecular formula is C11H20N4. The van der Waals surface area contributed by atoms with Crippen LogP contribution in [0, 0.1) is 12.8 Å². The van der Waals surface area contributed by atoms with Gasteiger partial charge in [0.2, 0.25) is 5.95 Å². The van der Waals surface area contributed by atoms with Crippen molar-refractivity contribution in [3.05, 3.63) is 11.8 Å². The van der Waals surface area contributed by atoms with E-state index in [2.05, 4.69) is 34.4 Å². The Hall–Kier alpha value is -1.32. The summed E-state index contributed by atoms with van der Waals surface area (Å²) in [5.41, 5.74) is 1.08. The Morgan fingerprint density at radius 1 is 1.40 bits per heavy atom. The Bertz CT molecular complexity index is 309. The molecule has 1 heterocycles. The van der Waals surface area contributed by atoms with Crippen molar-refractivity contribution in [2.24, 2.45) is 5.92 Å². The van der Waals surface area contributed by atoms with Crippen molar-refractivity contribution in [1.82, 2.24) is 9.97 Å². The first-order valence-electron chi connectivity index (χ1n) is 5.38. The summed E-state index contributed by atoms with van der Waals surface area (Å²) in [5, 5.41) is 6.26. The highest BCUT2D eigenvalue weighted by atomic mass is 15.1. The van der Waals surface area contributed by atoms with Crippen molar-refractivity contribution in [1.29, 1.82) is 0 Å². The molecule has 0 atom stereocenters. The largest absolute Gasteiger partial charge is 0.370 e. The third-order valence-electron chi connectivity index (χ3n) is 2.21. The second kappa shape index (κ2) is 5.53. The summed E-state index contributed by atoms with van der Waals surface area (Å²) in [6.07, 6.45) is 2.98. The molecule has 15 heavy (non-hydrogen) atoms. The van der Waals surface area contributed by atoms with E-state index < -0.39 is 0 Å². The Morgan fingerprint density at radius 3 is 2.73 bits per heavy atom. The fraction of sp³-hybridized carbons (Fsp3) is 0.636. The Morgan fingerprint density at radius 2 is 2.13 bits per heavy atom. The minimum atomic E-state index is 0.660. The number of aromatic nitrogens is 2. The summed E-state index contributed by atoms with van der Waals surface area (Å²) in [4.78, 5) is 8.49. The van der Waals surface area contributed by atoms with Crippen molar-refractivity contribution in [3.8, 4) is 0 Å². The summed E-state index contributed by atoms with van der Waals surface area (Å²) < 4.78 is 0. The lowest BCUT2D eigenvalue weighted by Gasteiger charge is -2.10. The van der Waals surface area contributed by atoms with Crippen LogP contribution in [-0.4, -0.2) is 23.6 Å². The van der Waals surface area contributed by atoms with Gasteiger partial charge in [0.15, 0.2) is 0 Å². The second-order valence-electron chi connectivity index (χ2n) is 4.08. The van der Waals surface area contributed by atoms with Gasteiger partial charge in [0, 0.05) is 25.4 Å². The maximum Gasteiger partial charge on any atom is 0.224 e. The van der Waals surface area contributed by atoms with E-state index in [1.165, 1.54) is 0 Å². The SMILES string of the molecule is CNc1ncc(C)c(NCCC(C)C)n1. The zero-order valence-corrected chi connectivity index (χ0v) is 9.96. The number of hydrogen-bond donors (Lipinski definition) is 2. The maximum atomic E-state index is 4.35. The molecule has 0 saturated heterocycles. The van der Waals surface area contributed by atoms with Crippen LogP contribution in [0.15, 0.2) is 6.20 Å². The smallest absolute Gasteiger partial charge is 0.224 e. The summed E-state index contributed by atoms with van der Waals surface area (Å²) in [6.45, 7) is 7.40. The molecule has 0 saturated carbocycles. The van der Waals surface area contributed by atoms with Crippen molar-refractivity contribution < 1.29 is 0 Å². The van der Waals surface area contributed by atoms with Crippen LogP contribution in [-0.2, 0) is 0 Å². The third-order valence-corrected chi connectivity index (χ3v) is 2.21. The van der Waals surface area contributed by atoms with E-state index in [0.29, 0.717) is 11.9 Å². The highest BCUT2D eigenvalue weighted by Gasteiger charge is 2.02. The molecule has 2 N–H and O–H groups in total. The predicted octanol–water partition coefficient (Wildman–Crippen LogP) is 2.28. The molecule has 4 nitrogen and oxygen atoms in total. The van der Waals surface area contributed by atoms with E-state index in [1.807, 2.05) is 20.2 Å². The first-order chi connectivity index (χ1) is 7.13. The van der Waals surface area contributed by atoms with Crippen LogP contribution in [0.5, 0.6) is 0 Å². The van der Waals surface area contributed by atoms with Crippen molar-refractivity contribution in [2.45, 2.75) is 27.2 Å². The topological polar surface area (TPSA) is 49.8 Å². The summed E-state index contributed by atoms with van der Waals surface area (Å²) in [5.74, 6) is 2.30. The van der Waals surface area contributed by atoms with Crippen molar-refractivity contribution >= 4 is 11.8 Å². The molecule has 1 aromatic rings. The van der Waals surface area contributed by atoms with E-state index in [0.717, 1.165) is 24.3 Å². The quantitative estimate of drug-likeness (QED) is 0.779. The van der Waals surface area contributed by atoms with Gasteiger partial charge in [-0.2, -0.15) is 4.98 Å². The summed E-state index contributed by atoms with van der Waals surface area (Å²) in [7, 11) is 1.82. The van der Waals surface area contributed by atoms with E-state index in [-0.39, 0.29) is 0 Å². The minimum absolute atomic E-state index is 0.660. The van der Waals surface area contributed by atoms with Gasteiger partial charge in [-0.15, -0.1) is 0 Å². The number of nitrogens with one attached hydrogen (secondary N) is 2. The third kappa shape index (κ3) is 3.73. The lowest BCUT2D eigenvalue weighted by molar-refractivity contribution is 0.606. The molecule has 0 aliphatic heterocycles. The zero-order valence-electron chi connectivity index (χ0n) is 9.96. The summed E-state index contributed by atoms with van der Waals surface area (Å²) >= 11 is 0. The molecule has 0 bridgehead atoms. The van der Waals surface area contributed by atoms with Gasteiger partial charge in [0.25, 0.3) is 0 Å². The van der Waals surface area contributed by atoms with Gasteiger partial charge in [0.05, 0.1) is 0 Å². The first kappa shape index (κ1) is 11.8. The molecular weight excluding hydrogens is 188 g/mol. The minimum Gasteiger partial charge on any atom is -0.370 e. The van der Waals surface area contributed by atoms with E-state index >= 15 is 0 Å². The molecule has 0 spiro atoms. The molecule has 1 aromatic heterocycles. The van der Waals surface area contributed by atoms with Gasteiger partial charge in [-0.1, -0.05) is 13.8 Å². The van der Waals surface area contributed by atoms with Crippen LogP contribution in [0.3, 0.4) is 0 Å². The lowest BCUT2D eigenvalue weighted by Crippen LogP contribution is -2.09. The summed E-state index contributed by atoms with van der Waals surface area (Å²) in [6, 6.07) is 0. The average Bonchev–Trinajstić information content (AvgIpc) is 2.20. The average molecular weight is 208 g/mol. The molecule has 0 amide bonds. The standard InChI is InChI=1S/C11H20N4/c1-8(2)5-6-13-10-9(3)7-14-11(12-4)15-10/h7-8H,5-6H2,1-4H3,(H2,12,13,14,15). The molecule has 4 heteroatoms. The van der Waals surface area contributed by atoms with Gasteiger partial charge in [-0.25, -0.2) is 4.98 Å². The first-order valence-corrected chi connectivity index (χ1v) is 5.38. The van der Waals surface area contributed by atoms with Gasteiger partial charge >= 0.3 is 0 Å². The number of rotatable bonds is 5. The highest BCUT2D eigenvalue weighted by molar-refractivity contribution is 5.46. The van der Waals surface area contributed by atoms with Crippen molar-refractivity contribution in [3.63, 3.8) is 0 Å². The maximum absolute atomic E-state index is 4.35. The van der Waals surface area contributed by atoms with E-state index in [1.54, 1.807) is 0 Å². The molecule has 0 aliphatic rings. The molecule has 0 aliphatic carbocycles. The number of hydrogen-bond acceptors (Lipinski definition) is 4. The number of nitrogens with zero attached hydrogens (tertiary/aromatic N) is 2. The predicted molar refractivity (Wildman–Crippen MR) is 64.3 cm³/mol. The molecule has 0 aromatic carbocycles. The molecule has 0 radical (unpaired) electrons. The monoisotopic (exact) mass is 208 g/mol. The van der Waals surface area contributed by atoms with Gasteiger partial charge < -0.3 is 10.6 Å². The lowest BCUT2D eigenvalue weighted by atomic mass is 10.1. The van der Waals surface area contributed by atoms with Gasteiger partial charge in [-0.05, 0) is 19.3 Å². The molecule has 0 fully saturated rings. The Kier molecular flexibility index (Phi) is 4.34. The number of anilines is 2. The van der Waals surface area contributed by atoms with Gasteiger partial charge in [0.1, 0.15) is 5.82 Å². The second-order valence-corrected chi connectivity index (χ2v) is 4.08. The van der Waals surface area contributed by atoms with Crippen LogP contribution in [0.2, 0.25) is 0 Å².